The zero-order valence-corrected chi connectivity index (χ0v) is 15.5. The lowest BCUT2D eigenvalue weighted by molar-refractivity contribution is 0.00578. The lowest BCUT2D eigenvalue weighted by atomic mass is 9.78. The Morgan fingerprint density at radius 1 is 0.731 bits per heavy atom. The highest BCUT2D eigenvalue weighted by atomic mass is 16.7. The second kappa shape index (κ2) is 5.12. The van der Waals surface area contributed by atoms with E-state index >= 15 is 0 Å². The molecule has 1 saturated heterocycles. The van der Waals surface area contributed by atoms with Crippen molar-refractivity contribution in [3.63, 3.8) is 0 Å². The van der Waals surface area contributed by atoms with E-state index in [4.69, 9.17) is 14.0 Å². The van der Waals surface area contributed by atoms with Crippen molar-refractivity contribution in [3.8, 4) is 22.6 Å². The normalized spacial score (nSPS) is 19.3. The summed E-state index contributed by atoms with van der Waals surface area (Å²) < 4.78 is 18.6. The molecule has 1 fully saturated rings. The Bertz CT molecular complexity index is 1020. The molecule has 3 nitrogen and oxygen atoms in total. The minimum atomic E-state index is -0.387. The van der Waals surface area contributed by atoms with Gasteiger partial charge in [-0.25, -0.2) is 0 Å². The Morgan fingerprint density at radius 3 is 2.15 bits per heavy atom. The third-order valence-electron chi connectivity index (χ3n) is 5.91. The van der Waals surface area contributed by atoms with E-state index in [2.05, 4.69) is 64.1 Å². The lowest BCUT2D eigenvalue weighted by Crippen LogP contribution is -2.41. The van der Waals surface area contributed by atoms with E-state index in [1.165, 1.54) is 16.3 Å². The molecule has 3 aromatic rings. The maximum absolute atomic E-state index is 6.24. The first-order valence-electron chi connectivity index (χ1n) is 9.05. The Balaban J connectivity index is 1.61. The van der Waals surface area contributed by atoms with Gasteiger partial charge in [-0.3, -0.25) is 0 Å². The van der Waals surface area contributed by atoms with Gasteiger partial charge in [-0.2, -0.15) is 0 Å². The van der Waals surface area contributed by atoms with Gasteiger partial charge in [-0.15, -0.1) is 0 Å². The van der Waals surface area contributed by atoms with Gasteiger partial charge in [0.05, 0.1) is 11.2 Å². The van der Waals surface area contributed by atoms with Crippen LogP contribution in [0, 0.1) is 0 Å². The highest BCUT2D eigenvalue weighted by Gasteiger charge is 2.51. The molecule has 2 aliphatic rings. The van der Waals surface area contributed by atoms with Crippen molar-refractivity contribution in [1.29, 1.82) is 0 Å². The van der Waals surface area contributed by atoms with Crippen LogP contribution >= 0.6 is 0 Å². The fraction of sp³-hybridized carbons (Fsp3) is 0.273. The average molecular weight is 344 g/mol. The van der Waals surface area contributed by atoms with E-state index in [0.717, 1.165) is 22.5 Å². The second-order valence-corrected chi connectivity index (χ2v) is 8.11. The molecule has 0 aromatic heterocycles. The summed E-state index contributed by atoms with van der Waals surface area (Å²) in [5.41, 5.74) is 2.59. The van der Waals surface area contributed by atoms with Gasteiger partial charge in [0.2, 0.25) is 0 Å². The Kier molecular flexibility index (Phi) is 3.14. The second-order valence-electron chi connectivity index (χ2n) is 8.11. The highest BCUT2D eigenvalue weighted by Crippen LogP contribution is 2.46. The highest BCUT2D eigenvalue weighted by molar-refractivity contribution is 6.62. The molecular weight excluding hydrogens is 323 g/mol. The summed E-state index contributed by atoms with van der Waals surface area (Å²) in [4.78, 5) is 0. The van der Waals surface area contributed by atoms with Crippen LogP contribution in [0.25, 0.3) is 21.9 Å². The molecule has 130 valence electrons. The van der Waals surface area contributed by atoms with Crippen molar-refractivity contribution < 1.29 is 14.0 Å². The van der Waals surface area contributed by atoms with Gasteiger partial charge in [0.1, 0.15) is 11.5 Å². The van der Waals surface area contributed by atoms with Crippen LogP contribution in [-0.2, 0) is 9.31 Å². The summed E-state index contributed by atoms with van der Waals surface area (Å²) in [6.07, 6.45) is 0. The molecule has 2 heterocycles. The van der Waals surface area contributed by atoms with Crippen molar-refractivity contribution in [2.75, 3.05) is 0 Å². The predicted molar refractivity (Wildman–Crippen MR) is 105 cm³/mol. The SMILES string of the molecule is CC1(C)OB(c2ccc3c(c2)Oc2cccc4cccc-3c24)OC1(C)C. The standard InChI is InChI=1S/C22H21BO3/c1-21(2)22(3,4)26-23(25-21)15-11-12-16-17-9-5-7-14-8-6-10-18(20(14)17)24-19(16)13-15/h5-13H,1-4H3. The van der Waals surface area contributed by atoms with E-state index in [-0.39, 0.29) is 18.3 Å². The van der Waals surface area contributed by atoms with Gasteiger partial charge < -0.3 is 14.0 Å². The Labute approximate surface area is 154 Å². The first-order valence-corrected chi connectivity index (χ1v) is 9.05. The van der Waals surface area contributed by atoms with Crippen molar-refractivity contribution in [2.45, 2.75) is 38.9 Å². The first-order chi connectivity index (χ1) is 12.4. The number of hydrogen-bond acceptors (Lipinski definition) is 3. The lowest BCUT2D eigenvalue weighted by Gasteiger charge is -2.32. The van der Waals surface area contributed by atoms with E-state index in [1.54, 1.807) is 0 Å². The number of ether oxygens (including phenoxy) is 1. The number of hydrogen-bond donors (Lipinski definition) is 0. The van der Waals surface area contributed by atoms with Gasteiger partial charge in [-0.05, 0) is 56.2 Å². The minimum Gasteiger partial charge on any atom is -0.456 e. The Hall–Kier alpha value is -2.30. The summed E-state index contributed by atoms with van der Waals surface area (Å²) in [6, 6.07) is 18.8. The van der Waals surface area contributed by atoms with E-state index in [0.29, 0.717) is 0 Å². The van der Waals surface area contributed by atoms with Crippen LogP contribution in [0.2, 0.25) is 0 Å². The monoisotopic (exact) mass is 344 g/mol. The topological polar surface area (TPSA) is 27.7 Å². The zero-order chi connectivity index (χ0) is 18.1. The predicted octanol–water partition coefficient (Wildman–Crippen LogP) is 4.91. The number of rotatable bonds is 1. The molecule has 26 heavy (non-hydrogen) atoms. The molecule has 0 spiro atoms. The molecule has 3 aromatic carbocycles. The van der Waals surface area contributed by atoms with Gasteiger partial charge >= 0.3 is 7.12 Å². The molecule has 0 amide bonds. The summed E-state index contributed by atoms with van der Waals surface area (Å²) in [5, 5.41) is 2.37. The van der Waals surface area contributed by atoms with Crippen LogP contribution in [0.1, 0.15) is 27.7 Å². The Morgan fingerprint density at radius 2 is 1.42 bits per heavy atom. The van der Waals surface area contributed by atoms with Gasteiger partial charge in [-0.1, -0.05) is 42.5 Å². The van der Waals surface area contributed by atoms with Gasteiger partial charge in [0.25, 0.3) is 0 Å². The quantitative estimate of drug-likeness (QED) is 0.459. The summed E-state index contributed by atoms with van der Waals surface area (Å²) in [6.45, 7) is 8.27. The minimum absolute atomic E-state index is 0.355. The first kappa shape index (κ1) is 15.9. The summed E-state index contributed by atoms with van der Waals surface area (Å²) in [7, 11) is -0.387. The zero-order valence-electron chi connectivity index (χ0n) is 15.5. The fourth-order valence-electron chi connectivity index (χ4n) is 3.71. The summed E-state index contributed by atoms with van der Waals surface area (Å²) >= 11 is 0. The van der Waals surface area contributed by atoms with Crippen LogP contribution in [0.5, 0.6) is 11.5 Å². The number of fused-ring (bicyclic) bond motifs is 2. The van der Waals surface area contributed by atoms with E-state index in [9.17, 15) is 0 Å². The molecule has 0 atom stereocenters. The van der Waals surface area contributed by atoms with E-state index in [1.807, 2.05) is 18.2 Å². The van der Waals surface area contributed by atoms with Crippen LogP contribution in [0.4, 0.5) is 0 Å². The third-order valence-corrected chi connectivity index (χ3v) is 5.91. The smallest absolute Gasteiger partial charge is 0.456 e. The van der Waals surface area contributed by atoms with Crippen molar-refractivity contribution >= 4 is 23.4 Å². The van der Waals surface area contributed by atoms with Crippen molar-refractivity contribution in [1.82, 2.24) is 0 Å². The molecule has 0 saturated carbocycles. The van der Waals surface area contributed by atoms with Gasteiger partial charge in [0.15, 0.2) is 0 Å². The molecule has 0 N–H and O–H groups in total. The van der Waals surface area contributed by atoms with Crippen LogP contribution in [0.3, 0.4) is 0 Å². The molecule has 0 bridgehead atoms. The maximum Gasteiger partial charge on any atom is 0.494 e. The third kappa shape index (κ3) is 2.16. The van der Waals surface area contributed by atoms with Gasteiger partial charge in [0, 0.05) is 10.9 Å². The van der Waals surface area contributed by atoms with Crippen LogP contribution in [-0.4, -0.2) is 18.3 Å². The molecule has 5 rings (SSSR count). The van der Waals surface area contributed by atoms with Crippen LogP contribution in [0.15, 0.2) is 54.6 Å². The number of benzene rings is 3. The van der Waals surface area contributed by atoms with Crippen LogP contribution < -0.4 is 10.2 Å². The molecule has 0 radical (unpaired) electrons. The molecular formula is C22H21BO3. The summed E-state index contributed by atoms with van der Waals surface area (Å²) in [5.74, 6) is 1.75. The molecule has 2 aliphatic heterocycles. The molecule has 0 unspecified atom stereocenters. The molecule has 0 aliphatic carbocycles. The fourth-order valence-corrected chi connectivity index (χ4v) is 3.71. The largest absolute Gasteiger partial charge is 0.494 e. The van der Waals surface area contributed by atoms with Crippen molar-refractivity contribution in [3.05, 3.63) is 54.6 Å². The van der Waals surface area contributed by atoms with Crippen molar-refractivity contribution in [2.24, 2.45) is 0 Å². The van der Waals surface area contributed by atoms with E-state index < -0.39 is 0 Å². The molecule has 4 heteroatoms. The average Bonchev–Trinajstić information content (AvgIpc) is 2.83. The maximum atomic E-state index is 6.24.